The van der Waals surface area contributed by atoms with Crippen molar-refractivity contribution in [3.05, 3.63) is 23.5 Å². The number of ether oxygens (including phenoxy) is 1. The molecule has 2 aliphatic rings. The Bertz CT molecular complexity index is 389. The quantitative estimate of drug-likeness (QED) is 0.861. The average Bonchev–Trinajstić information content (AvgIpc) is 3.06. The Morgan fingerprint density at radius 2 is 2.35 bits per heavy atom. The molecule has 17 heavy (non-hydrogen) atoms. The third-order valence-electron chi connectivity index (χ3n) is 3.42. The molecule has 0 radical (unpaired) electrons. The lowest BCUT2D eigenvalue weighted by Crippen LogP contribution is -2.39. The fourth-order valence-corrected chi connectivity index (χ4v) is 2.55. The number of nitrogens with one attached hydrogen (secondary N) is 1. The van der Waals surface area contributed by atoms with Crippen LogP contribution in [0.2, 0.25) is 5.15 Å². The molecular formula is C12H16Cl2N2O. The molecular weight excluding hydrogens is 259 g/mol. The van der Waals surface area contributed by atoms with Crippen LogP contribution in [-0.2, 0) is 0 Å². The van der Waals surface area contributed by atoms with Crippen molar-refractivity contribution in [1.82, 2.24) is 10.3 Å². The molecule has 2 heterocycles. The largest absolute Gasteiger partial charge is 0.489 e. The maximum absolute atomic E-state index is 5.92. The highest BCUT2D eigenvalue weighted by atomic mass is 35.5. The van der Waals surface area contributed by atoms with Crippen molar-refractivity contribution < 1.29 is 4.74 Å². The van der Waals surface area contributed by atoms with E-state index < -0.39 is 0 Å². The van der Waals surface area contributed by atoms with Gasteiger partial charge in [-0.25, -0.2) is 4.98 Å². The van der Waals surface area contributed by atoms with Crippen LogP contribution in [0.15, 0.2) is 18.3 Å². The molecule has 2 fully saturated rings. The Labute approximate surface area is 112 Å². The molecule has 0 bridgehead atoms. The maximum Gasteiger partial charge on any atom is 0.171 e. The Hall–Kier alpha value is -0.510. The zero-order valence-electron chi connectivity index (χ0n) is 9.43. The van der Waals surface area contributed by atoms with Gasteiger partial charge in [0.2, 0.25) is 0 Å². The lowest BCUT2D eigenvalue weighted by atomic mass is 10.1. The number of rotatable bonds is 3. The monoisotopic (exact) mass is 274 g/mol. The first-order chi connectivity index (χ1) is 7.83. The topological polar surface area (TPSA) is 34.1 Å². The molecule has 1 N–H and O–H groups in total. The molecule has 1 aromatic rings. The van der Waals surface area contributed by atoms with Gasteiger partial charge in [-0.2, -0.15) is 0 Å². The van der Waals surface area contributed by atoms with Gasteiger partial charge in [0.25, 0.3) is 0 Å². The summed E-state index contributed by atoms with van der Waals surface area (Å²) in [5.74, 6) is 1.63. The van der Waals surface area contributed by atoms with Crippen LogP contribution in [0.3, 0.4) is 0 Å². The number of fused-ring (bicyclic) bond motifs is 1. The summed E-state index contributed by atoms with van der Waals surface area (Å²) in [6.45, 7) is 0.689. The molecule has 1 aromatic heterocycles. The zero-order chi connectivity index (χ0) is 11.0. The molecule has 94 valence electrons. The van der Waals surface area contributed by atoms with Crippen LogP contribution < -0.4 is 10.1 Å². The van der Waals surface area contributed by atoms with Crippen LogP contribution in [0, 0.1) is 5.92 Å². The average molecular weight is 275 g/mol. The fourth-order valence-electron chi connectivity index (χ4n) is 2.37. The fraction of sp³-hybridized carbons (Fsp3) is 0.583. The molecule has 1 aliphatic heterocycles. The molecule has 0 unspecified atom stereocenters. The molecule has 3 rings (SSSR count). The minimum atomic E-state index is 0. The van der Waals surface area contributed by atoms with E-state index in [1.807, 2.05) is 12.1 Å². The van der Waals surface area contributed by atoms with Crippen molar-refractivity contribution in [2.75, 3.05) is 6.61 Å². The van der Waals surface area contributed by atoms with Gasteiger partial charge < -0.3 is 10.1 Å². The van der Waals surface area contributed by atoms with Crippen molar-refractivity contribution in [3.8, 4) is 5.75 Å². The van der Waals surface area contributed by atoms with E-state index in [0.717, 1.165) is 12.0 Å². The second-order valence-corrected chi connectivity index (χ2v) is 5.00. The van der Waals surface area contributed by atoms with Gasteiger partial charge in [-0.15, -0.1) is 12.4 Å². The number of aromatic nitrogens is 1. The van der Waals surface area contributed by atoms with Crippen LogP contribution in [-0.4, -0.2) is 23.7 Å². The van der Waals surface area contributed by atoms with Gasteiger partial charge in [-0.3, -0.25) is 0 Å². The molecule has 5 heteroatoms. The lowest BCUT2D eigenvalue weighted by molar-refractivity contribution is 0.236. The van der Waals surface area contributed by atoms with Gasteiger partial charge in [0, 0.05) is 18.3 Å². The number of pyridine rings is 1. The van der Waals surface area contributed by atoms with Gasteiger partial charge in [0.1, 0.15) is 6.61 Å². The van der Waals surface area contributed by atoms with Gasteiger partial charge in [-0.05, 0) is 37.3 Å². The van der Waals surface area contributed by atoms with Crippen LogP contribution >= 0.6 is 24.0 Å². The van der Waals surface area contributed by atoms with Gasteiger partial charge in [0.05, 0.1) is 0 Å². The Morgan fingerprint density at radius 1 is 1.47 bits per heavy atom. The van der Waals surface area contributed by atoms with Crippen LogP contribution in [0.4, 0.5) is 0 Å². The molecule has 1 aliphatic carbocycles. The number of halogens is 2. The first-order valence-corrected chi connectivity index (χ1v) is 6.20. The van der Waals surface area contributed by atoms with Crippen molar-refractivity contribution in [2.45, 2.75) is 31.3 Å². The van der Waals surface area contributed by atoms with Crippen molar-refractivity contribution in [2.24, 2.45) is 5.92 Å². The molecule has 1 saturated heterocycles. The first-order valence-electron chi connectivity index (χ1n) is 5.82. The predicted molar refractivity (Wildman–Crippen MR) is 70.0 cm³/mol. The smallest absolute Gasteiger partial charge is 0.171 e. The number of nitrogens with zero attached hydrogens (tertiary/aromatic N) is 1. The highest BCUT2D eigenvalue weighted by Crippen LogP contribution is 2.39. The highest BCUT2D eigenvalue weighted by molar-refractivity contribution is 6.30. The summed E-state index contributed by atoms with van der Waals surface area (Å²) >= 11 is 5.92. The van der Waals surface area contributed by atoms with Gasteiger partial charge in [0.15, 0.2) is 10.9 Å². The standard InChI is InChI=1S/C12H15ClN2O.ClH/c13-12-11(2-1-5-14-12)16-7-9-4-3-8-6-10(8)15-9;/h1-2,5,8-10,15H,3-4,6-7H2;1H/t8-,9-,10+;/m0./s1. The minimum Gasteiger partial charge on any atom is -0.489 e. The Balaban J connectivity index is 0.00000108. The van der Waals surface area contributed by atoms with Crippen LogP contribution in [0.25, 0.3) is 0 Å². The molecule has 1 saturated carbocycles. The van der Waals surface area contributed by atoms with Crippen LogP contribution in [0.1, 0.15) is 19.3 Å². The van der Waals surface area contributed by atoms with E-state index in [9.17, 15) is 0 Å². The van der Waals surface area contributed by atoms with Crippen LogP contribution in [0.5, 0.6) is 5.75 Å². The molecule has 0 spiro atoms. The molecule has 3 atom stereocenters. The number of hydrogen-bond donors (Lipinski definition) is 1. The number of piperidine rings is 1. The Morgan fingerprint density at radius 3 is 3.12 bits per heavy atom. The van der Waals surface area contributed by atoms with Gasteiger partial charge >= 0.3 is 0 Å². The van der Waals surface area contributed by atoms with E-state index in [4.69, 9.17) is 16.3 Å². The lowest BCUT2D eigenvalue weighted by Gasteiger charge is -2.23. The second-order valence-electron chi connectivity index (χ2n) is 4.65. The van der Waals surface area contributed by atoms with E-state index in [0.29, 0.717) is 23.6 Å². The third kappa shape index (κ3) is 3.03. The summed E-state index contributed by atoms with van der Waals surface area (Å²) in [7, 11) is 0. The minimum absolute atomic E-state index is 0. The molecule has 3 nitrogen and oxygen atoms in total. The molecule has 0 amide bonds. The maximum atomic E-state index is 5.92. The second kappa shape index (κ2) is 5.42. The normalized spacial score (nSPS) is 30.1. The van der Waals surface area contributed by atoms with Crippen molar-refractivity contribution in [1.29, 1.82) is 0 Å². The number of hydrogen-bond acceptors (Lipinski definition) is 3. The summed E-state index contributed by atoms with van der Waals surface area (Å²) in [6.07, 6.45) is 5.57. The summed E-state index contributed by atoms with van der Waals surface area (Å²) in [4.78, 5) is 3.99. The van der Waals surface area contributed by atoms with E-state index in [1.54, 1.807) is 6.20 Å². The summed E-state index contributed by atoms with van der Waals surface area (Å²) in [5.41, 5.74) is 0. The summed E-state index contributed by atoms with van der Waals surface area (Å²) in [6, 6.07) is 4.93. The van der Waals surface area contributed by atoms with E-state index >= 15 is 0 Å². The van der Waals surface area contributed by atoms with Gasteiger partial charge in [-0.1, -0.05) is 11.6 Å². The first kappa shape index (κ1) is 12.9. The predicted octanol–water partition coefficient (Wildman–Crippen LogP) is 2.68. The van der Waals surface area contributed by atoms with Crippen molar-refractivity contribution in [3.63, 3.8) is 0 Å². The van der Waals surface area contributed by atoms with E-state index in [-0.39, 0.29) is 12.4 Å². The molecule has 0 aromatic carbocycles. The SMILES string of the molecule is Cl.Clc1ncccc1OC[C@@H]1CC[C@H]2C[C@H]2N1. The summed E-state index contributed by atoms with van der Waals surface area (Å²) in [5, 5.41) is 4.04. The summed E-state index contributed by atoms with van der Waals surface area (Å²) < 4.78 is 5.69. The third-order valence-corrected chi connectivity index (χ3v) is 3.71. The highest BCUT2D eigenvalue weighted by Gasteiger charge is 2.41. The van der Waals surface area contributed by atoms with E-state index in [2.05, 4.69) is 10.3 Å². The Kier molecular flexibility index (Phi) is 4.13. The van der Waals surface area contributed by atoms with Crippen molar-refractivity contribution >= 4 is 24.0 Å². The van der Waals surface area contributed by atoms with E-state index in [1.165, 1.54) is 19.3 Å². The zero-order valence-corrected chi connectivity index (χ0v) is 11.0.